The zero-order chi connectivity index (χ0) is 11.5. The Morgan fingerprint density at radius 1 is 1.38 bits per heavy atom. The van der Waals surface area contributed by atoms with Gasteiger partial charge >= 0.3 is 5.69 Å². The molecule has 0 saturated carbocycles. The molecule has 0 radical (unpaired) electrons. The zero-order valence-electron chi connectivity index (χ0n) is 9.17. The molecule has 0 aliphatic carbocycles. The second kappa shape index (κ2) is 4.34. The van der Waals surface area contributed by atoms with E-state index >= 15 is 0 Å². The summed E-state index contributed by atoms with van der Waals surface area (Å²) >= 11 is 0. The molecular weight excluding hydrogens is 208 g/mol. The Hall–Kier alpha value is -1.85. The van der Waals surface area contributed by atoms with Crippen LogP contribution in [0.15, 0.2) is 18.3 Å². The van der Waals surface area contributed by atoms with Crippen molar-refractivity contribution in [3.8, 4) is 0 Å². The molecule has 1 aliphatic rings. The molecule has 16 heavy (non-hydrogen) atoms. The zero-order valence-corrected chi connectivity index (χ0v) is 9.17. The van der Waals surface area contributed by atoms with Gasteiger partial charge in [0.1, 0.15) is 6.20 Å². The van der Waals surface area contributed by atoms with Gasteiger partial charge in [-0.1, -0.05) is 12.2 Å². The van der Waals surface area contributed by atoms with E-state index in [0.29, 0.717) is 5.82 Å². The number of rotatable bonds is 2. The van der Waals surface area contributed by atoms with Crippen molar-refractivity contribution in [1.29, 1.82) is 0 Å². The molecule has 0 fully saturated rings. The lowest BCUT2D eigenvalue weighted by Crippen LogP contribution is -2.27. The fourth-order valence-electron chi connectivity index (χ4n) is 1.93. The van der Waals surface area contributed by atoms with Gasteiger partial charge < -0.3 is 4.90 Å². The summed E-state index contributed by atoms with van der Waals surface area (Å²) in [5.74, 6) is 0.605. The van der Waals surface area contributed by atoms with Gasteiger partial charge in [-0.2, -0.15) is 5.10 Å². The molecule has 0 unspecified atom stereocenters. The SMILES string of the molecule is Cn1ncc([N+](=O)[O-])c1N1CCC=CCC1. The van der Waals surface area contributed by atoms with Gasteiger partial charge in [0.2, 0.25) is 5.82 Å². The van der Waals surface area contributed by atoms with Crippen molar-refractivity contribution >= 4 is 11.5 Å². The molecule has 1 aromatic heterocycles. The first-order valence-corrected chi connectivity index (χ1v) is 5.26. The average molecular weight is 222 g/mol. The Labute approximate surface area is 93.3 Å². The van der Waals surface area contributed by atoms with Crippen molar-refractivity contribution in [2.75, 3.05) is 18.0 Å². The van der Waals surface area contributed by atoms with Crippen LogP contribution in [0.1, 0.15) is 12.8 Å². The highest BCUT2D eigenvalue weighted by Gasteiger charge is 2.24. The molecule has 0 bridgehead atoms. The Bertz CT molecular complexity index is 414. The summed E-state index contributed by atoms with van der Waals surface area (Å²) in [6.07, 6.45) is 7.38. The number of anilines is 1. The highest BCUT2D eigenvalue weighted by atomic mass is 16.6. The quantitative estimate of drug-likeness (QED) is 0.432. The first kappa shape index (κ1) is 10.7. The third-order valence-electron chi connectivity index (χ3n) is 2.68. The molecule has 6 nitrogen and oxygen atoms in total. The molecule has 0 atom stereocenters. The van der Waals surface area contributed by atoms with E-state index < -0.39 is 0 Å². The van der Waals surface area contributed by atoms with Crippen LogP contribution in [0.2, 0.25) is 0 Å². The largest absolute Gasteiger partial charge is 0.350 e. The van der Waals surface area contributed by atoms with Gasteiger partial charge in [0.25, 0.3) is 0 Å². The normalized spacial score (nSPS) is 16.2. The summed E-state index contributed by atoms with van der Waals surface area (Å²) in [4.78, 5) is 12.5. The molecule has 0 aromatic carbocycles. The molecule has 0 amide bonds. The van der Waals surface area contributed by atoms with Crippen LogP contribution >= 0.6 is 0 Å². The second-order valence-corrected chi connectivity index (χ2v) is 3.77. The maximum Gasteiger partial charge on any atom is 0.331 e. The monoisotopic (exact) mass is 222 g/mol. The van der Waals surface area contributed by atoms with E-state index in [9.17, 15) is 10.1 Å². The first-order valence-electron chi connectivity index (χ1n) is 5.26. The number of nitrogens with zero attached hydrogens (tertiary/aromatic N) is 4. The highest BCUT2D eigenvalue weighted by Crippen LogP contribution is 2.27. The van der Waals surface area contributed by atoms with Gasteiger partial charge in [0.05, 0.1) is 4.92 Å². The number of nitro groups is 1. The predicted molar refractivity (Wildman–Crippen MR) is 60.4 cm³/mol. The molecular formula is C10H14N4O2. The van der Waals surface area contributed by atoms with Crippen LogP contribution in [0.25, 0.3) is 0 Å². The number of hydrogen-bond donors (Lipinski definition) is 0. The van der Waals surface area contributed by atoms with Crippen LogP contribution in [0, 0.1) is 10.1 Å². The predicted octanol–water partition coefficient (Wildman–Crippen LogP) is 1.48. The summed E-state index contributed by atoms with van der Waals surface area (Å²) in [5, 5.41) is 14.8. The van der Waals surface area contributed by atoms with Crippen LogP contribution < -0.4 is 4.90 Å². The molecule has 0 spiro atoms. The fraction of sp³-hybridized carbons (Fsp3) is 0.500. The summed E-state index contributed by atoms with van der Waals surface area (Å²) in [5.41, 5.74) is 0.0874. The minimum Gasteiger partial charge on any atom is -0.350 e. The van der Waals surface area contributed by atoms with Crippen molar-refractivity contribution in [3.63, 3.8) is 0 Å². The highest BCUT2D eigenvalue weighted by molar-refractivity contribution is 5.57. The average Bonchev–Trinajstić information content (AvgIpc) is 2.50. The van der Waals surface area contributed by atoms with Gasteiger partial charge in [0, 0.05) is 20.1 Å². The molecule has 0 N–H and O–H groups in total. The minimum atomic E-state index is -0.374. The van der Waals surface area contributed by atoms with Crippen molar-refractivity contribution < 1.29 is 4.92 Å². The van der Waals surface area contributed by atoms with Crippen LogP contribution in [-0.2, 0) is 7.05 Å². The lowest BCUT2D eigenvalue weighted by atomic mass is 10.3. The number of hydrogen-bond acceptors (Lipinski definition) is 4. The number of aromatic nitrogens is 2. The van der Waals surface area contributed by atoms with E-state index in [-0.39, 0.29) is 10.6 Å². The van der Waals surface area contributed by atoms with Crippen LogP contribution in [0.5, 0.6) is 0 Å². The Morgan fingerprint density at radius 3 is 2.56 bits per heavy atom. The smallest absolute Gasteiger partial charge is 0.331 e. The summed E-state index contributed by atoms with van der Waals surface area (Å²) < 4.78 is 1.57. The van der Waals surface area contributed by atoms with Crippen molar-refractivity contribution in [3.05, 3.63) is 28.5 Å². The molecule has 2 rings (SSSR count). The van der Waals surface area contributed by atoms with Gasteiger partial charge in [-0.05, 0) is 12.8 Å². The summed E-state index contributed by atoms with van der Waals surface area (Å²) in [6.45, 7) is 1.60. The topological polar surface area (TPSA) is 64.2 Å². The maximum atomic E-state index is 10.9. The van der Waals surface area contributed by atoms with Gasteiger partial charge in [-0.25, -0.2) is 4.68 Å². The van der Waals surface area contributed by atoms with Crippen molar-refractivity contribution in [2.45, 2.75) is 12.8 Å². The van der Waals surface area contributed by atoms with E-state index in [1.165, 1.54) is 6.20 Å². The minimum absolute atomic E-state index is 0.0874. The van der Waals surface area contributed by atoms with E-state index in [2.05, 4.69) is 17.3 Å². The molecule has 86 valence electrons. The van der Waals surface area contributed by atoms with Gasteiger partial charge in [0.15, 0.2) is 0 Å². The lowest BCUT2D eigenvalue weighted by Gasteiger charge is -2.21. The van der Waals surface area contributed by atoms with Gasteiger partial charge in [-0.15, -0.1) is 0 Å². The van der Waals surface area contributed by atoms with Crippen molar-refractivity contribution in [1.82, 2.24) is 9.78 Å². The van der Waals surface area contributed by atoms with E-state index in [4.69, 9.17) is 0 Å². The first-order chi connectivity index (χ1) is 7.70. The molecule has 6 heteroatoms. The Kier molecular flexibility index (Phi) is 2.89. The molecule has 2 heterocycles. The van der Waals surface area contributed by atoms with Gasteiger partial charge in [-0.3, -0.25) is 10.1 Å². The maximum absolute atomic E-state index is 10.9. The van der Waals surface area contributed by atoms with Crippen LogP contribution in [-0.4, -0.2) is 27.8 Å². The lowest BCUT2D eigenvalue weighted by molar-refractivity contribution is -0.384. The van der Waals surface area contributed by atoms with Crippen LogP contribution in [0.3, 0.4) is 0 Å². The van der Waals surface area contributed by atoms with Crippen molar-refractivity contribution in [2.24, 2.45) is 7.05 Å². The third kappa shape index (κ3) is 1.91. The third-order valence-corrected chi connectivity index (χ3v) is 2.68. The summed E-state index contributed by atoms with van der Waals surface area (Å²) in [7, 11) is 1.74. The second-order valence-electron chi connectivity index (χ2n) is 3.77. The van der Waals surface area contributed by atoms with E-state index in [0.717, 1.165) is 25.9 Å². The Morgan fingerprint density at radius 2 is 2.00 bits per heavy atom. The fourth-order valence-corrected chi connectivity index (χ4v) is 1.93. The molecule has 0 saturated heterocycles. The van der Waals surface area contributed by atoms with E-state index in [1.54, 1.807) is 11.7 Å². The Balaban J connectivity index is 2.31. The molecule has 1 aromatic rings. The van der Waals surface area contributed by atoms with Crippen LogP contribution in [0.4, 0.5) is 11.5 Å². The summed E-state index contributed by atoms with van der Waals surface area (Å²) in [6, 6.07) is 0. The standard InChI is InChI=1S/C10H14N4O2/c1-12-10(9(8-11-12)14(15)16)13-6-4-2-3-5-7-13/h2-3,8H,4-7H2,1H3. The number of aryl methyl sites for hydroxylation is 1. The van der Waals surface area contributed by atoms with E-state index in [1.807, 2.05) is 4.90 Å². The molecule has 1 aliphatic heterocycles.